The van der Waals surface area contributed by atoms with Crippen molar-refractivity contribution in [2.75, 3.05) is 6.61 Å². The lowest BCUT2D eigenvalue weighted by Gasteiger charge is -2.36. The molecule has 1 aromatic rings. The van der Waals surface area contributed by atoms with Crippen LogP contribution >= 0.6 is 0 Å². The van der Waals surface area contributed by atoms with Crippen molar-refractivity contribution in [2.45, 2.75) is 31.7 Å². The van der Waals surface area contributed by atoms with E-state index in [2.05, 4.69) is 5.16 Å². The van der Waals surface area contributed by atoms with Gasteiger partial charge in [0.05, 0.1) is 17.9 Å². The number of aryl methyl sites for hydroxylation is 1. The Morgan fingerprint density at radius 2 is 2.41 bits per heavy atom. The molecule has 2 bridgehead atoms. The molecular formula is C12H11NO4. The standard InChI is InChI=1S/C12H11NO4/c1-6-9-10(14)8-5-7-3-2-4-15-12(7,16-8)11(9)17-13-6/h5,8H,2-4H2,1H3. The predicted molar refractivity (Wildman–Crippen MR) is 55.4 cm³/mol. The van der Waals surface area contributed by atoms with Crippen LogP contribution in [0, 0.1) is 6.92 Å². The lowest BCUT2D eigenvalue weighted by molar-refractivity contribution is -0.240. The maximum absolute atomic E-state index is 12.2. The number of hydrogen-bond acceptors (Lipinski definition) is 5. The maximum Gasteiger partial charge on any atom is 0.256 e. The summed E-state index contributed by atoms with van der Waals surface area (Å²) < 4.78 is 16.8. The number of hydrogen-bond donors (Lipinski definition) is 0. The third-order valence-corrected chi connectivity index (χ3v) is 3.63. The molecule has 1 aromatic heterocycles. The summed E-state index contributed by atoms with van der Waals surface area (Å²) >= 11 is 0. The molecule has 0 N–H and O–H groups in total. The van der Waals surface area contributed by atoms with Gasteiger partial charge in [-0.2, -0.15) is 0 Å². The first-order chi connectivity index (χ1) is 8.22. The van der Waals surface area contributed by atoms with E-state index in [4.69, 9.17) is 14.0 Å². The Morgan fingerprint density at radius 1 is 1.53 bits per heavy atom. The summed E-state index contributed by atoms with van der Waals surface area (Å²) in [4.78, 5) is 12.2. The zero-order chi connectivity index (χ0) is 11.6. The highest BCUT2D eigenvalue weighted by Crippen LogP contribution is 2.51. The molecule has 2 atom stereocenters. The van der Waals surface area contributed by atoms with Gasteiger partial charge in [0.25, 0.3) is 5.79 Å². The van der Waals surface area contributed by atoms with Crippen LogP contribution in [0.5, 0.6) is 0 Å². The molecule has 3 aliphatic heterocycles. The number of carbonyl (C=O) groups is 1. The Bertz CT molecular complexity index is 559. The highest BCUT2D eigenvalue weighted by molar-refractivity contribution is 6.04. The first-order valence-electron chi connectivity index (χ1n) is 5.76. The topological polar surface area (TPSA) is 61.6 Å². The fourth-order valence-corrected chi connectivity index (χ4v) is 2.85. The summed E-state index contributed by atoms with van der Waals surface area (Å²) in [5.74, 6) is -0.609. The van der Waals surface area contributed by atoms with Crippen LogP contribution in [0.1, 0.15) is 34.7 Å². The van der Waals surface area contributed by atoms with Crippen molar-refractivity contribution < 1.29 is 18.8 Å². The summed E-state index contributed by atoms with van der Waals surface area (Å²) in [5, 5.41) is 3.87. The SMILES string of the molecule is Cc1noc2c1C(=O)C1C=C3CCCOC32O1. The fraction of sp³-hybridized carbons (Fsp3) is 0.500. The van der Waals surface area contributed by atoms with Gasteiger partial charge in [0.1, 0.15) is 6.10 Å². The number of ketones is 1. The average Bonchev–Trinajstić information content (AvgIpc) is 2.87. The van der Waals surface area contributed by atoms with E-state index in [0.29, 0.717) is 23.6 Å². The van der Waals surface area contributed by atoms with Gasteiger partial charge < -0.3 is 14.0 Å². The molecule has 0 amide bonds. The molecule has 5 nitrogen and oxygen atoms in total. The fourth-order valence-electron chi connectivity index (χ4n) is 2.85. The van der Waals surface area contributed by atoms with E-state index < -0.39 is 11.9 Å². The third kappa shape index (κ3) is 0.970. The Hall–Kier alpha value is -1.46. The summed E-state index contributed by atoms with van der Waals surface area (Å²) in [6.07, 6.45) is 3.16. The van der Waals surface area contributed by atoms with Crippen molar-refractivity contribution in [1.29, 1.82) is 0 Å². The number of rotatable bonds is 0. The minimum Gasteiger partial charge on any atom is -0.354 e. The Labute approximate surface area is 97.4 Å². The molecule has 0 radical (unpaired) electrons. The number of fused-ring (bicyclic) bond motifs is 2. The number of nitrogens with zero attached hydrogens (tertiary/aromatic N) is 1. The van der Waals surface area contributed by atoms with E-state index in [0.717, 1.165) is 18.4 Å². The molecule has 4 heterocycles. The van der Waals surface area contributed by atoms with Crippen molar-refractivity contribution in [1.82, 2.24) is 5.16 Å². The summed E-state index contributed by atoms with van der Waals surface area (Å²) in [7, 11) is 0. The van der Waals surface area contributed by atoms with Gasteiger partial charge in [-0.15, -0.1) is 0 Å². The van der Waals surface area contributed by atoms with Gasteiger partial charge in [0.15, 0.2) is 0 Å². The normalized spacial score (nSPS) is 34.3. The molecule has 1 fully saturated rings. The average molecular weight is 233 g/mol. The summed E-state index contributed by atoms with van der Waals surface area (Å²) in [5.41, 5.74) is 2.15. The molecule has 17 heavy (non-hydrogen) atoms. The van der Waals surface area contributed by atoms with Crippen LogP contribution < -0.4 is 0 Å². The highest BCUT2D eigenvalue weighted by atomic mass is 16.7. The monoisotopic (exact) mass is 233 g/mol. The molecule has 0 aliphatic carbocycles. The van der Waals surface area contributed by atoms with E-state index in [1.807, 2.05) is 6.08 Å². The van der Waals surface area contributed by atoms with Crippen LogP contribution in [0.2, 0.25) is 0 Å². The van der Waals surface area contributed by atoms with E-state index in [9.17, 15) is 4.79 Å². The van der Waals surface area contributed by atoms with E-state index in [1.165, 1.54) is 0 Å². The Balaban J connectivity index is 2.01. The highest BCUT2D eigenvalue weighted by Gasteiger charge is 2.58. The summed E-state index contributed by atoms with van der Waals surface area (Å²) in [6, 6.07) is 0. The second-order valence-electron chi connectivity index (χ2n) is 4.64. The first-order valence-corrected chi connectivity index (χ1v) is 5.76. The Morgan fingerprint density at radius 3 is 3.29 bits per heavy atom. The van der Waals surface area contributed by atoms with Crippen molar-refractivity contribution in [3.63, 3.8) is 0 Å². The quantitative estimate of drug-likeness (QED) is 0.635. The molecule has 2 unspecified atom stereocenters. The van der Waals surface area contributed by atoms with E-state index >= 15 is 0 Å². The zero-order valence-electron chi connectivity index (χ0n) is 9.36. The number of Topliss-reactive ketones (excluding diaryl/α,β-unsaturated/α-hetero) is 1. The van der Waals surface area contributed by atoms with Crippen LogP contribution in [0.25, 0.3) is 0 Å². The molecule has 0 saturated carbocycles. The van der Waals surface area contributed by atoms with Gasteiger partial charge in [-0.25, -0.2) is 0 Å². The van der Waals surface area contributed by atoms with E-state index in [1.54, 1.807) is 6.92 Å². The number of carbonyl (C=O) groups excluding carboxylic acids is 1. The smallest absolute Gasteiger partial charge is 0.256 e. The molecule has 88 valence electrons. The van der Waals surface area contributed by atoms with Crippen LogP contribution in [0.15, 0.2) is 16.2 Å². The molecule has 1 saturated heterocycles. The predicted octanol–water partition coefficient (Wildman–Crippen LogP) is 1.47. The zero-order valence-corrected chi connectivity index (χ0v) is 9.36. The van der Waals surface area contributed by atoms with Crippen molar-refractivity contribution in [3.8, 4) is 0 Å². The molecule has 1 spiro atoms. The van der Waals surface area contributed by atoms with Gasteiger partial charge in [-0.05, 0) is 31.4 Å². The second-order valence-corrected chi connectivity index (χ2v) is 4.64. The van der Waals surface area contributed by atoms with Crippen LogP contribution in [0.4, 0.5) is 0 Å². The van der Waals surface area contributed by atoms with Gasteiger partial charge >= 0.3 is 0 Å². The maximum atomic E-state index is 12.2. The van der Waals surface area contributed by atoms with Crippen LogP contribution in [-0.4, -0.2) is 23.7 Å². The van der Waals surface area contributed by atoms with Crippen LogP contribution in [-0.2, 0) is 15.3 Å². The van der Waals surface area contributed by atoms with Gasteiger partial charge in [0, 0.05) is 0 Å². The van der Waals surface area contributed by atoms with Gasteiger partial charge in [0.2, 0.25) is 11.5 Å². The minimum atomic E-state index is -0.965. The largest absolute Gasteiger partial charge is 0.354 e. The molecule has 3 aliphatic rings. The van der Waals surface area contributed by atoms with E-state index in [-0.39, 0.29) is 5.78 Å². The summed E-state index contributed by atoms with van der Waals surface area (Å²) in [6.45, 7) is 2.38. The minimum absolute atomic E-state index is 0.0742. The van der Waals surface area contributed by atoms with Gasteiger partial charge in [-0.1, -0.05) is 5.16 Å². The second kappa shape index (κ2) is 2.86. The van der Waals surface area contributed by atoms with Crippen molar-refractivity contribution in [2.24, 2.45) is 0 Å². The molecule has 4 rings (SSSR count). The molecule has 5 heteroatoms. The van der Waals surface area contributed by atoms with Crippen molar-refractivity contribution in [3.05, 3.63) is 28.7 Å². The lowest BCUT2D eigenvalue weighted by atomic mass is 9.94. The molecular weight excluding hydrogens is 222 g/mol. The molecule has 0 aromatic carbocycles. The first kappa shape index (κ1) is 9.56. The van der Waals surface area contributed by atoms with Crippen LogP contribution in [0.3, 0.4) is 0 Å². The van der Waals surface area contributed by atoms with Crippen molar-refractivity contribution >= 4 is 5.78 Å². The Kier molecular flexibility index (Phi) is 1.61. The third-order valence-electron chi connectivity index (χ3n) is 3.63. The number of aromatic nitrogens is 1. The van der Waals surface area contributed by atoms with Gasteiger partial charge in [-0.3, -0.25) is 4.79 Å². The lowest BCUT2D eigenvalue weighted by Crippen LogP contribution is -2.42. The number of ether oxygens (including phenoxy) is 2.